The Morgan fingerprint density at radius 1 is 1.18 bits per heavy atom. The molecule has 0 saturated carbocycles. The topological polar surface area (TPSA) is 51.2 Å². The number of aryl methyl sites for hydroxylation is 1. The van der Waals surface area contributed by atoms with Gasteiger partial charge in [0.15, 0.2) is 6.61 Å². The summed E-state index contributed by atoms with van der Waals surface area (Å²) in [6.45, 7) is 8.22. The number of ether oxygens (including phenoxy) is 1. The summed E-state index contributed by atoms with van der Waals surface area (Å²) in [4.78, 5) is 16.2. The number of pyridine rings is 1. The van der Waals surface area contributed by atoms with Gasteiger partial charge in [0.05, 0.1) is 0 Å². The van der Waals surface area contributed by atoms with E-state index in [1.807, 2.05) is 43.3 Å². The van der Waals surface area contributed by atoms with Crippen LogP contribution in [0.3, 0.4) is 0 Å². The molecule has 1 amide bonds. The molecule has 0 atom stereocenters. The summed E-state index contributed by atoms with van der Waals surface area (Å²) >= 11 is 0. The minimum Gasteiger partial charge on any atom is -0.483 e. The Hall–Kier alpha value is -2.36. The second kappa shape index (κ2) is 6.60. The maximum absolute atomic E-state index is 12.0. The van der Waals surface area contributed by atoms with E-state index >= 15 is 0 Å². The van der Waals surface area contributed by atoms with E-state index in [-0.39, 0.29) is 17.9 Å². The first-order chi connectivity index (χ1) is 10.4. The molecule has 2 rings (SSSR count). The minimum absolute atomic E-state index is 0.0371. The SMILES string of the molecule is Cc1cccnc1NC(=O)COc1ccccc1C(C)(C)C. The molecular weight excluding hydrogens is 276 g/mol. The predicted octanol–water partition coefficient (Wildman–Crippen LogP) is 3.71. The molecule has 0 bridgehead atoms. The molecule has 0 fully saturated rings. The minimum atomic E-state index is -0.217. The number of carbonyl (C=O) groups is 1. The van der Waals surface area contributed by atoms with Gasteiger partial charge in [0.25, 0.3) is 5.91 Å². The number of aromatic nitrogens is 1. The van der Waals surface area contributed by atoms with Crippen LogP contribution >= 0.6 is 0 Å². The van der Waals surface area contributed by atoms with Crippen LogP contribution in [-0.2, 0) is 10.2 Å². The standard InChI is InChI=1S/C18H22N2O2/c1-13-8-7-11-19-17(13)20-16(21)12-22-15-10-6-5-9-14(15)18(2,3)4/h5-11H,12H2,1-4H3,(H,19,20,21). The number of hydrogen-bond donors (Lipinski definition) is 1. The van der Waals surface area contributed by atoms with Crippen LogP contribution in [-0.4, -0.2) is 17.5 Å². The third kappa shape index (κ3) is 4.07. The van der Waals surface area contributed by atoms with E-state index in [0.717, 1.165) is 16.9 Å². The predicted molar refractivity (Wildman–Crippen MR) is 88.2 cm³/mol. The number of benzene rings is 1. The van der Waals surface area contributed by atoms with Crippen LogP contribution in [0.2, 0.25) is 0 Å². The van der Waals surface area contributed by atoms with E-state index in [9.17, 15) is 4.79 Å². The molecule has 0 unspecified atom stereocenters. The van der Waals surface area contributed by atoms with Gasteiger partial charge in [0.1, 0.15) is 11.6 Å². The zero-order chi connectivity index (χ0) is 16.2. The molecule has 116 valence electrons. The van der Waals surface area contributed by atoms with Gasteiger partial charge in [-0.15, -0.1) is 0 Å². The zero-order valence-electron chi connectivity index (χ0n) is 13.5. The molecule has 0 aliphatic rings. The van der Waals surface area contributed by atoms with Gasteiger partial charge in [-0.05, 0) is 35.6 Å². The summed E-state index contributed by atoms with van der Waals surface area (Å²) in [6, 6.07) is 11.5. The van der Waals surface area contributed by atoms with E-state index in [4.69, 9.17) is 4.74 Å². The van der Waals surface area contributed by atoms with Crippen LogP contribution in [0.5, 0.6) is 5.75 Å². The second-order valence-corrected chi connectivity index (χ2v) is 6.25. The van der Waals surface area contributed by atoms with Crippen molar-refractivity contribution in [2.24, 2.45) is 0 Å². The average Bonchev–Trinajstić information content (AvgIpc) is 2.47. The quantitative estimate of drug-likeness (QED) is 0.936. The van der Waals surface area contributed by atoms with Gasteiger partial charge >= 0.3 is 0 Å². The van der Waals surface area contributed by atoms with Crippen LogP contribution in [0.1, 0.15) is 31.9 Å². The number of anilines is 1. The van der Waals surface area contributed by atoms with E-state index in [1.165, 1.54) is 0 Å². The number of rotatable bonds is 4. The van der Waals surface area contributed by atoms with Gasteiger partial charge in [0.2, 0.25) is 0 Å². The van der Waals surface area contributed by atoms with Crippen molar-refractivity contribution in [3.8, 4) is 5.75 Å². The van der Waals surface area contributed by atoms with Crippen LogP contribution in [0.4, 0.5) is 5.82 Å². The maximum Gasteiger partial charge on any atom is 0.263 e. The van der Waals surface area contributed by atoms with Crippen molar-refractivity contribution >= 4 is 11.7 Å². The van der Waals surface area contributed by atoms with Crippen molar-refractivity contribution in [1.29, 1.82) is 0 Å². The number of para-hydroxylation sites is 1. The molecule has 2 aromatic rings. The maximum atomic E-state index is 12.0. The molecule has 0 aliphatic heterocycles. The van der Waals surface area contributed by atoms with Crippen LogP contribution < -0.4 is 10.1 Å². The third-order valence-corrected chi connectivity index (χ3v) is 3.32. The molecule has 4 nitrogen and oxygen atoms in total. The molecule has 1 aromatic heterocycles. The molecule has 0 aliphatic carbocycles. The molecule has 0 saturated heterocycles. The molecule has 1 N–H and O–H groups in total. The fourth-order valence-electron chi connectivity index (χ4n) is 2.14. The summed E-state index contributed by atoms with van der Waals surface area (Å²) in [5.41, 5.74) is 1.97. The van der Waals surface area contributed by atoms with E-state index in [0.29, 0.717) is 5.82 Å². The average molecular weight is 298 g/mol. The number of nitrogens with zero attached hydrogens (tertiary/aromatic N) is 1. The van der Waals surface area contributed by atoms with Gasteiger partial charge in [0, 0.05) is 6.20 Å². The van der Waals surface area contributed by atoms with Crippen molar-refractivity contribution in [1.82, 2.24) is 4.98 Å². The largest absolute Gasteiger partial charge is 0.483 e. The van der Waals surface area contributed by atoms with Crippen molar-refractivity contribution < 1.29 is 9.53 Å². The Kier molecular flexibility index (Phi) is 4.81. The second-order valence-electron chi connectivity index (χ2n) is 6.25. The Morgan fingerprint density at radius 2 is 1.91 bits per heavy atom. The van der Waals surface area contributed by atoms with Gasteiger partial charge < -0.3 is 10.1 Å². The number of hydrogen-bond acceptors (Lipinski definition) is 3. The Labute approximate surface area is 131 Å². The summed E-state index contributed by atoms with van der Waals surface area (Å²) in [5.74, 6) is 1.09. The fraction of sp³-hybridized carbons (Fsp3) is 0.333. The monoisotopic (exact) mass is 298 g/mol. The number of nitrogens with one attached hydrogen (secondary N) is 1. The summed E-state index contributed by atoms with van der Waals surface area (Å²) in [5, 5.41) is 2.76. The molecule has 22 heavy (non-hydrogen) atoms. The normalized spacial score (nSPS) is 11.1. The molecular formula is C18H22N2O2. The Bertz CT molecular complexity index is 660. The first-order valence-corrected chi connectivity index (χ1v) is 7.31. The fourth-order valence-corrected chi connectivity index (χ4v) is 2.14. The highest BCUT2D eigenvalue weighted by Gasteiger charge is 2.19. The van der Waals surface area contributed by atoms with Crippen LogP contribution in [0.15, 0.2) is 42.6 Å². The lowest BCUT2D eigenvalue weighted by atomic mass is 9.86. The van der Waals surface area contributed by atoms with E-state index < -0.39 is 0 Å². The number of amides is 1. The zero-order valence-corrected chi connectivity index (χ0v) is 13.5. The highest BCUT2D eigenvalue weighted by atomic mass is 16.5. The molecule has 1 heterocycles. The van der Waals surface area contributed by atoms with Gasteiger partial charge in [-0.1, -0.05) is 45.0 Å². The van der Waals surface area contributed by atoms with Crippen molar-refractivity contribution in [3.05, 3.63) is 53.7 Å². The van der Waals surface area contributed by atoms with Crippen molar-refractivity contribution in [3.63, 3.8) is 0 Å². The molecule has 4 heteroatoms. The highest BCUT2D eigenvalue weighted by Crippen LogP contribution is 2.30. The molecule has 0 radical (unpaired) electrons. The summed E-state index contributed by atoms with van der Waals surface area (Å²) < 4.78 is 5.70. The highest BCUT2D eigenvalue weighted by molar-refractivity contribution is 5.91. The Balaban J connectivity index is 2.02. The van der Waals surface area contributed by atoms with Gasteiger partial charge in [-0.3, -0.25) is 4.79 Å². The lowest BCUT2D eigenvalue weighted by Gasteiger charge is -2.22. The first kappa shape index (κ1) is 16.0. The van der Waals surface area contributed by atoms with Crippen molar-refractivity contribution in [2.45, 2.75) is 33.1 Å². The first-order valence-electron chi connectivity index (χ1n) is 7.31. The Morgan fingerprint density at radius 3 is 2.59 bits per heavy atom. The van der Waals surface area contributed by atoms with Gasteiger partial charge in [-0.2, -0.15) is 0 Å². The molecule has 1 aromatic carbocycles. The smallest absolute Gasteiger partial charge is 0.263 e. The lowest BCUT2D eigenvalue weighted by molar-refractivity contribution is -0.118. The van der Waals surface area contributed by atoms with E-state index in [2.05, 4.69) is 31.1 Å². The summed E-state index contributed by atoms with van der Waals surface area (Å²) in [6.07, 6.45) is 1.65. The van der Waals surface area contributed by atoms with E-state index in [1.54, 1.807) is 6.20 Å². The third-order valence-electron chi connectivity index (χ3n) is 3.32. The number of carbonyl (C=O) groups excluding carboxylic acids is 1. The summed E-state index contributed by atoms with van der Waals surface area (Å²) in [7, 11) is 0. The van der Waals surface area contributed by atoms with Crippen LogP contribution in [0, 0.1) is 6.92 Å². The molecule has 0 spiro atoms. The van der Waals surface area contributed by atoms with Crippen LogP contribution in [0.25, 0.3) is 0 Å². The lowest BCUT2D eigenvalue weighted by Crippen LogP contribution is -2.22. The van der Waals surface area contributed by atoms with Gasteiger partial charge in [-0.25, -0.2) is 4.98 Å². The van der Waals surface area contributed by atoms with Crippen molar-refractivity contribution in [2.75, 3.05) is 11.9 Å².